The molecule has 2 heterocycles. The molecule has 3 rings (SSSR count). The molecule has 2 atom stereocenters. The molecule has 0 spiro atoms. The van der Waals surface area contributed by atoms with Gasteiger partial charge in [-0.1, -0.05) is 6.42 Å². The Morgan fingerprint density at radius 1 is 1.36 bits per heavy atom. The van der Waals surface area contributed by atoms with Crippen LogP contribution in [0, 0.1) is 12.8 Å². The summed E-state index contributed by atoms with van der Waals surface area (Å²) in [5, 5.41) is 6.48. The Labute approximate surface area is 156 Å². The van der Waals surface area contributed by atoms with Crippen molar-refractivity contribution in [2.75, 3.05) is 11.9 Å². The van der Waals surface area contributed by atoms with E-state index < -0.39 is 0 Å². The average Bonchev–Trinajstić information content (AvgIpc) is 3.27. The number of amides is 2. The van der Waals surface area contributed by atoms with Crippen LogP contribution in [-0.2, 0) is 0 Å². The van der Waals surface area contributed by atoms with Crippen LogP contribution in [0.15, 0.2) is 28.9 Å². The standard InChI is InChI=1S/C17H21N3O3S.ClH/c1-10-8-14(20-16(21)13-6-3-7-23-13)24-15(10)17(22)19-12-5-2-4-11(12)9-18;/h3,6-8,11-12H,2,4-5,9,18H2,1H3,(H,19,22)(H,20,21);1H. The van der Waals surface area contributed by atoms with E-state index in [-0.39, 0.29) is 36.0 Å². The Kier molecular flexibility index (Phi) is 6.64. The Hall–Kier alpha value is -1.83. The summed E-state index contributed by atoms with van der Waals surface area (Å²) in [6, 6.07) is 5.19. The van der Waals surface area contributed by atoms with Crippen LogP contribution in [0.3, 0.4) is 0 Å². The number of nitrogens with two attached hydrogens (primary N) is 1. The highest BCUT2D eigenvalue weighted by molar-refractivity contribution is 7.18. The number of hydrogen-bond donors (Lipinski definition) is 3. The van der Waals surface area contributed by atoms with Crippen molar-refractivity contribution < 1.29 is 14.0 Å². The Morgan fingerprint density at radius 3 is 2.84 bits per heavy atom. The number of thiophene rings is 1. The zero-order valence-electron chi connectivity index (χ0n) is 13.9. The van der Waals surface area contributed by atoms with Crippen molar-refractivity contribution >= 4 is 40.6 Å². The second-order valence-corrected chi connectivity index (χ2v) is 7.11. The van der Waals surface area contributed by atoms with Gasteiger partial charge >= 0.3 is 0 Å². The molecule has 6 nitrogen and oxygen atoms in total. The Morgan fingerprint density at radius 2 is 2.16 bits per heavy atom. The van der Waals surface area contributed by atoms with E-state index in [1.54, 1.807) is 18.2 Å². The highest BCUT2D eigenvalue weighted by Crippen LogP contribution is 2.29. The summed E-state index contributed by atoms with van der Waals surface area (Å²) >= 11 is 1.27. The first kappa shape index (κ1) is 19.5. The monoisotopic (exact) mass is 383 g/mol. The van der Waals surface area contributed by atoms with E-state index in [1.807, 2.05) is 6.92 Å². The molecular formula is C17H22ClN3O3S. The molecule has 0 aliphatic heterocycles. The molecule has 0 radical (unpaired) electrons. The lowest BCUT2D eigenvalue weighted by molar-refractivity contribution is 0.0931. The molecule has 136 valence electrons. The molecule has 1 fully saturated rings. The van der Waals surface area contributed by atoms with E-state index in [0.29, 0.717) is 22.3 Å². The van der Waals surface area contributed by atoms with Gasteiger partial charge in [-0.25, -0.2) is 0 Å². The highest BCUT2D eigenvalue weighted by Gasteiger charge is 2.28. The van der Waals surface area contributed by atoms with Crippen LogP contribution < -0.4 is 16.4 Å². The molecule has 8 heteroatoms. The maximum atomic E-state index is 12.5. The van der Waals surface area contributed by atoms with Crippen molar-refractivity contribution in [1.82, 2.24) is 5.32 Å². The van der Waals surface area contributed by atoms with Gasteiger partial charge in [0, 0.05) is 6.04 Å². The number of anilines is 1. The normalized spacial score (nSPS) is 19.3. The summed E-state index contributed by atoms with van der Waals surface area (Å²) in [4.78, 5) is 25.2. The van der Waals surface area contributed by atoms with E-state index in [0.717, 1.165) is 24.8 Å². The van der Waals surface area contributed by atoms with Crippen LogP contribution in [0.1, 0.15) is 45.1 Å². The van der Waals surface area contributed by atoms with Crippen LogP contribution in [0.4, 0.5) is 5.00 Å². The lowest BCUT2D eigenvalue weighted by atomic mass is 10.0. The number of halogens is 1. The van der Waals surface area contributed by atoms with Gasteiger partial charge in [-0.05, 0) is 56.0 Å². The number of carbonyl (C=O) groups excluding carboxylic acids is 2. The molecule has 1 aliphatic carbocycles. The predicted octanol–water partition coefficient (Wildman–Crippen LogP) is 3.18. The van der Waals surface area contributed by atoms with Crippen molar-refractivity contribution in [3.8, 4) is 0 Å². The molecular weight excluding hydrogens is 362 g/mol. The first-order valence-corrected chi connectivity index (χ1v) is 8.86. The molecule has 2 aromatic rings. The Balaban J connectivity index is 0.00000225. The lowest BCUT2D eigenvalue weighted by Crippen LogP contribution is -2.39. The minimum atomic E-state index is -0.327. The van der Waals surface area contributed by atoms with Gasteiger partial charge in [0.25, 0.3) is 11.8 Å². The van der Waals surface area contributed by atoms with Crippen LogP contribution >= 0.6 is 23.7 Å². The summed E-state index contributed by atoms with van der Waals surface area (Å²) in [5.74, 6) is 0.171. The van der Waals surface area contributed by atoms with Crippen molar-refractivity contribution in [2.24, 2.45) is 11.7 Å². The van der Waals surface area contributed by atoms with Gasteiger partial charge in [-0.2, -0.15) is 0 Å². The molecule has 2 aromatic heterocycles. The summed E-state index contributed by atoms with van der Waals surface area (Å²) in [6.45, 7) is 2.46. The quantitative estimate of drug-likeness (QED) is 0.738. The van der Waals surface area contributed by atoms with Crippen LogP contribution in [-0.4, -0.2) is 24.4 Å². The van der Waals surface area contributed by atoms with Crippen molar-refractivity contribution in [3.63, 3.8) is 0 Å². The highest BCUT2D eigenvalue weighted by atomic mass is 35.5. The van der Waals surface area contributed by atoms with E-state index >= 15 is 0 Å². The van der Waals surface area contributed by atoms with Crippen LogP contribution in [0.25, 0.3) is 0 Å². The van der Waals surface area contributed by atoms with Crippen molar-refractivity contribution in [3.05, 3.63) is 40.7 Å². The lowest BCUT2D eigenvalue weighted by Gasteiger charge is -2.19. The van der Waals surface area contributed by atoms with Crippen molar-refractivity contribution in [1.29, 1.82) is 0 Å². The summed E-state index contributed by atoms with van der Waals surface area (Å²) < 4.78 is 5.07. The maximum absolute atomic E-state index is 12.5. The number of aryl methyl sites for hydroxylation is 1. The zero-order valence-corrected chi connectivity index (χ0v) is 15.5. The third-order valence-electron chi connectivity index (χ3n) is 4.38. The molecule has 2 amide bonds. The number of carbonyl (C=O) groups is 2. The SMILES string of the molecule is Cc1cc(NC(=O)c2ccco2)sc1C(=O)NC1CCCC1CN.Cl. The number of hydrogen-bond acceptors (Lipinski definition) is 5. The molecule has 1 aliphatic rings. The van der Waals surface area contributed by atoms with Crippen LogP contribution in [0.2, 0.25) is 0 Å². The smallest absolute Gasteiger partial charge is 0.291 e. The predicted molar refractivity (Wildman–Crippen MR) is 101 cm³/mol. The van der Waals surface area contributed by atoms with Gasteiger partial charge in [0.2, 0.25) is 0 Å². The van der Waals surface area contributed by atoms with Crippen LogP contribution in [0.5, 0.6) is 0 Å². The van der Waals surface area contributed by atoms with Crippen molar-refractivity contribution in [2.45, 2.75) is 32.2 Å². The summed E-state index contributed by atoms with van der Waals surface area (Å²) in [6.07, 6.45) is 4.58. The summed E-state index contributed by atoms with van der Waals surface area (Å²) in [7, 11) is 0. The molecule has 25 heavy (non-hydrogen) atoms. The number of furan rings is 1. The number of rotatable bonds is 5. The third-order valence-corrected chi connectivity index (χ3v) is 5.54. The van der Waals surface area contributed by atoms with Gasteiger partial charge in [0.1, 0.15) is 0 Å². The van der Waals surface area contributed by atoms with Gasteiger partial charge in [-0.3, -0.25) is 9.59 Å². The van der Waals surface area contributed by atoms with Gasteiger partial charge in [0.15, 0.2) is 5.76 Å². The molecule has 0 saturated heterocycles. The molecule has 2 unspecified atom stereocenters. The minimum absolute atomic E-state index is 0. The average molecular weight is 384 g/mol. The van der Waals surface area contributed by atoms with E-state index in [2.05, 4.69) is 10.6 Å². The number of nitrogens with one attached hydrogen (secondary N) is 2. The second-order valence-electron chi connectivity index (χ2n) is 6.06. The second kappa shape index (κ2) is 8.51. The molecule has 0 aromatic carbocycles. The largest absolute Gasteiger partial charge is 0.459 e. The Bertz CT molecular complexity index is 730. The zero-order chi connectivity index (χ0) is 17.1. The van der Waals surface area contributed by atoms with E-state index in [9.17, 15) is 9.59 Å². The first-order valence-electron chi connectivity index (χ1n) is 8.04. The maximum Gasteiger partial charge on any atom is 0.291 e. The van der Waals surface area contributed by atoms with E-state index in [1.165, 1.54) is 17.6 Å². The first-order chi connectivity index (χ1) is 11.6. The topological polar surface area (TPSA) is 97.4 Å². The molecule has 4 N–H and O–H groups in total. The van der Waals surface area contributed by atoms with E-state index in [4.69, 9.17) is 10.2 Å². The third kappa shape index (κ3) is 4.42. The molecule has 1 saturated carbocycles. The van der Waals surface area contributed by atoms with Gasteiger partial charge < -0.3 is 20.8 Å². The fourth-order valence-corrected chi connectivity index (χ4v) is 4.06. The fraction of sp³-hybridized carbons (Fsp3) is 0.412. The van der Waals surface area contributed by atoms with Gasteiger partial charge in [0.05, 0.1) is 16.1 Å². The van der Waals surface area contributed by atoms with Gasteiger partial charge in [-0.15, -0.1) is 23.7 Å². The minimum Gasteiger partial charge on any atom is -0.459 e. The fourth-order valence-electron chi connectivity index (χ4n) is 3.09. The summed E-state index contributed by atoms with van der Waals surface area (Å²) in [5.41, 5.74) is 6.61. The molecule has 0 bridgehead atoms.